The molecular weight excluding hydrogens is 318 g/mol. The van der Waals surface area contributed by atoms with E-state index in [1.165, 1.54) is 13.0 Å². The molecule has 0 aliphatic heterocycles. The van der Waals surface area contributed by atoms with Crippen LogP contribution in [-0.4, -0.2) is 33.7 Å². The lowest BCUT2D eigenvalue weighted by atomic mass is 10.1. The molecule has 0 aromatic heterocycles. The molecule has 6 nitrogen and oxygen atoms in total. The van der Waals surface area contributed by atoms with Crippen molar-refractivity contribution in [3.63, 3.8) is 0 Å². The molecule has 1 atom stereocenters. The second kappa shape index (κ2) is 7.22. The molecule has 0 aliphatic rings. The third-order valence-electron chi connectivity index (χ3n) is 2.70. The molecule has 2 N–H and O–H groups in total. The van der Waals surface area contributed by atoms with Crippen molar-refractivity contribution in [3.8, 4) is 0 Å². The van der Waals surface area contributed by atoms with Crippen molar-refractivity contribution < 1.29 is 22.7 Å². The molecule has 0 aliphatic carbocycles. The van der Waals surface area contributed by atoms with Gasteiger partial charge in [-0.05, 0) is 38.5 Å². The average molecular weight is 336 g/mol. The summed E-state index contributed by atoms with van der Waals surface area (Å²) in [5.74, 6) is -0.686. The maximum Gasteiger partial charge on any atom is 0.338 e. The number of halogens is 1. The summed E-state index contributed by atoms with van der Waals surface area (Å²) in [6, 6.07) is 2.51. The molecule has 118 valence electrons. The highest BCUT2D eigenvalue weighted by Crippen LogP contribution is 2.25. The zero-order valence-corrected chi connectivity index (χ0v) is 13.6. The van der Waals surface area contributed by atoms with Crippen molar-refractivity contribution in [2.75, 3.05) is 13.2 Å². The van der Waals surface area contributed by atoms with E-state index in [4.69, 9.17) is 26.2 Å². The predicted molar refractivity (Wildman–Crippen MR) is 78.9 cm³/mol. The Balaban J connectivity index is 3.04. The Hall–Kier alpha value is -1.15. The third-order valence-corrected chi connectivity index (χ3v) is 4.13. The second-order valence-corrected chi connectivity index (χ2v) is 6.44. The van der Waals surface area contributed by atoms with Gasteiger partial charge in [0.05, 0.1) is 17.1 Å². The summed E-state index contributed by atoms with van der Waals surface area (Å²) >= 11 is 5.94. The molecule has 1 aromatic rings. The highest BCUT2D eigenvalue weighted by molar-refractivity contribution is 7.89. The predicted octanol–water partition coefficient (Wildman–Crippen LogP) is 1.88. The fraction of sp³-hybridized carbons (Fsp3) is 0.462. The smallest absolute Gasteiger partial charge is 0.338 e. The van der Waals surface area contributed by atoms with E-state index in [-0.39, 0.29) is 27.7 Å². The Morgan fingerprint density at radius 2 is 2.05 bits per heavy atom. The summed E-state index contributed by atoms with van der Waals surface area (Å²) in [5, 5.41) is 5.23. The molecule has 8 heteroatoms. The maximum atomic E-state index is 12.0. The van der Waals surface area contributed by atoms with Gasteiger partial charge in [0.15, 0.2) is 0 Å². The number of hydrogen-bond donors (Lipinski definition) is 1. The molecule has 1 aromatic carbocycles. The number of ether oxygens (including phenoxy) is 2. The summed E-state index contributed by atoms with van der Waals surface area (Å²) in [4.78, 5) is 11.8. The number of hydrogen-bond acceptors (Lipinski definition) is 5. The minimum Gasteiger partial charge on any atom is -0.457 e. The molecule has 21 heavy (non-hydrogen) atoms. The van der Waals surface area contributed by atoms with Gasteiger partial charge in [0, 0.05) is 11.6 Å². The minimum atomic E-state index is -3.97. The molecule has 0 heterocycles. The van der Waals surface area contributed by atoms with Crippen LogP contribution in [0.1, 0.15) is 29.8 Å². The first kappa shape index (κ1) is 17.9. The van der Waals surface area contributed by atoms with Crippen LogP contribution in [0.2, 0.25) is 5.02 Å². The molecule has 0 radical (unpaired) electrons. The van der Waals surface area contributed by atoms with Crippen LogP contribution in [0.3, 0.4) is 0 Å². The van der Waals surface area contributed by atoms with Crippen LogP contribution in [0.15, 0.2) is 17.0 Å². The Morgan fingerprint density at radius 3 is 2.57 bits per heavy atom. The highest BCUT2D eigenvalue weighted by atomic mass is 35.5. The number of rotatable bonds is 6. The molecular formula is C13H18ClNO5S. The third kappa shape index (κ3) is 4.96. The molecule has 0 saturated carbocycles. The number of carbonyl (C=O) groups excluding carboxylic acids is 1. The van der Waals surface area contributed by atoms with E-state index in [1.54, 1.807) is 6.92 Å². The summed E-state index contributed by atoms with van der Waals surface area (Å²) in [6.07, 6.45) is -0.463. The number of primary sulfonamides is 1. The number of benzene rings is 1. The molecule has 1 rings (SSSR count). The van der Waals surface area contributed by atoms with E-state index in [9.17, 15) is 13.2 Å². The quantitative estimate of drug-likeness (QED) is 0.801. The summed E-state index contributed by atoms with van der Waals surface area (Å²) in [6.45, 7) is 5.77. The van der Waals surface area contributed by atoms with E-state index in [1.807, 2.05) is 6.92 Å². The lowest BCUT2D eigenvalue weighted by Gasteiger charge is -2.14. The maximum absolute atomic E-state index is 12.0. The number of carbonyl (C=O) groups is 1. The van der Waals surface area contributed by atoms with Crippen LogP contribution in [0, 0.1) is 6.92 Å². The first-order chi connectivity index (χ1) is 9.66. The van der Waals surface area contributed by atoms with E-state index in [0.717, 1.165) is 6.07 Å². The Bertz CT molecular complexity index is 630. The molecule has 1 unspecified atom stereocenters. The fourth-order valence-electron chi connectivity index (χ4n) is 1.64. The zero-order valence-electron chi connectivity index (χ0n) is 12.1. The Morgan fingerprint density at radius 1 is 1.43 bits per heavy atom. The topological polar surface area (TPSA) is 95.7 Å². The van der Waals surface area contributed by atoms with E-state index >= 15 is 0 Å². The molecule has 0 amide bonds. The van der Waals surface area contributed by atoms with Gasteiger partial charge in [0.25, 0.3) is 0 Å². The second-order valence-electron chi connectivity index (χ2n) is 4.50. The van der Waals surface area contributed by atoms with E-state index < -0.39 is 22.1 Å². The summed E-state index contributed by atoms with van der Waals surface area (Å²) < 4.78 is 33.3. The monoisotopic (exact) mass is 335 g/mol. The van der Waals surface area contributed by atoms with Gasteiger partial charge < -0.3 is 9.47 Å². The normalized spacial score (nSPS) is 13.0. The molecule has 0 spiro atoms. The van der Waals surface area contributed by atoms with Gasteiger partial charge in [-0.2, -0.15) is 0 Å². The van der Waals surface area contributed by atoms with Crippen molar-refractivity contribution in [3.05, 3.63) is 28.3 Å². The molecule has 0 fully saturated rings. The van der Waals surface area contributed by atoms with Gasteiger partial charge in [0.1, 0.15) is 6.10 Å². The van der Waals surface area contributed by atoms with Crippen molar-refractivity contribution in [2.45, 2.75) is 31.8 Å². The Kier molecular flexibility index (Phi) is 6.15. The molecule has 0 saturated heterocycles. The van der Waals surface area contributed by atoms with Gasteiger partial charge in [-0.25, -0.2) is 18.4 Å². The first-order valence-electron chi connectivity index (χ1n) is 6.28. The number of nitrogens with two attached hydrogens (primary N) is 1. The van der Waals surface area contributed by atoms with Gasteiger partial charge in [0.2, 0.25) is 10.0 Å². The van der Waals surface area contributed by atoms with Crippen LogP contribution in [0.4, 0.5) is 0 Å². The van der Waals surface area contributed by atoms with Crippen LogP contribution in [-0.2, 0) is 19.5 Å². The van der Waals surface area contributed by atoms with Crippen LogP contribution in [0.5, 0.6) is 0 Å². The highest BCUT2D eigenvalue weighted by Gasteiger charge is 2.20. The van der Waals surface area contributed by atoms with Crippen molar-refractivity contribution in [2.24, 2.45) is 5.14 Å². The average Bonchev–Trinajstić information content (AvgIpc) is 2.37. The lowest BCUT2D eigenvalue weighted by molar-refractivity contribution is 0.00437. The standard InChI is InChI=1S/C13H18ClNO5S/c1-4-19-7-8(2)20-13(16)10-5-11(14)9(3)12(6-10)21(15,17)18/h5-6,8H,4,7H2,1-3H3,(H2,15,17,18). The van der Waals surface area contributed by atoms with Crippen molar-refractivity contribution in [1.82, 2.24) is 0 Å². The fourth-order valence-corrected chi connectivity index (χ4v) is 2.74. The lowest BCUT2D eigenvalue weighted by Crippen LogP contribution is -2.21. The SMILES string of the molecule is CCOCC(C)OC(=O)c1cc(Cl)c(C)c(S(N)(=O)=O)c1. The summed E-state index contributed by atoms with van der Waals surface area (Å²) in [5.41, 5.74) is 0.316. The largest absolute Gasteiger partial charge is 0.457 e. The summed E-state index contributed by atoms with van der Waals surface area (Å²) in [7, 11) is -3.97. The van der Waals surface area contributed by atoms with Crippen LogP contribution >= 0.6 is 11.6 Å². The van der Waals surface area contributed by atoms with Crippen molar-refractivity contribution >= 4 is 27.6 Å². The van der Waals surface area contributed by atoms with Gasteiger partial charge in [-0.1, -0.05) is 11.6 Å². The zero-order chi connectivity index (χ0) is 16.2. The minimum absolute atomic E-state index is 0.0259. The van der Waals surface area contributed by atoms with E-state index in [2.05, 4.69) is 0 Å². The van der Waals surface area contributed by atoms with Crippen LogP contribution < -0.4 is 5.14 Å². The number of sulfonamides is 1. The van der Waals surface area contributed by atoms with Gasteiger partial charge in [-0.3, -0.25) is 0 Å². The molecule has 0 bridgehead atoms. The van der Waals surface area contributed by atoms with Crippen LogP contribution in [0.25, 0.3) is 0 Å². The first-order valence-corrected chi connectivity index (χ1v) is 8.21. The number of esters is 1. The van der Waals surface area contributed by atoms with Gasteiger partial charge in [-0.15, -0.1) is 0 Å². The van der Waals surface area contributed by atoms with Crippen molar-refractivity contribution in [1.29, 1.82) is 0 Å². The van der Waals surface area contributed by atoms with E-state index in [0.29, 0.717) is 6.61 Å². The Labute approximate surface area is 129 Å². The van der Waals surface area contributed by atoms with Gasteiger partial charge >= 0.3 is 5.97 Å².